The van der Waals surface area contributed by atoms with Gasteiger partial charge in [-0.15, -0.1) is 0 Å². The average molecular weight is 196 g/mol. The Morgan fingerprint density at radius 1 is 1.71 bits per heavy atom. The molecule has 78 valence electrons. The summed E-state index contributed by atoms with van der Waals surface area (Å²) in [5.74, 6) is 0.136. The summed E-state index contributed by atoms with van der Waals surface area (Å²) in [5.41, 5.74) is 1.09. The van der Waals surface area contributed by atoms with E-state index in [1.54, 1.807) is 24.9 Å². The van der Waals surface area contributed by atoms with Crippen molar-refractivity contribution in [1.29, 1.82) is 0 Å². The maximum Gasteiger partial charge on any atom is 0.161 e. The van der Waals surface area contributed by atoms with Crippen LogP contribution in [0, 0.1) is 0 Å². The predicted octanol–water partition coefficient (Wildman–Crippen LogP) is 0.957. The quantitative estimate of drug-likeness (QED) is 0.704. The minimum Gasteiger partial charge on any atom is -0.374 e. The van der Waals surface area contributed by atoms with E-state index in [4.69, 9.17) is 4.74 Å². The van der Waals surface area contributed by atoms with Crippen molar-refractivity contribution in [1.82, 2.24) is 9.78 Å². The third-order valence-electron chi connectivity index (χ3n) is 2.23. The fraction of sp³-hybridized carbons (Fsp3) is 0.600. The number of carbonyl (C=O) groups excluding carboxylic acids is 1. The molecule has 14 heavy (non-hydrogen) atoms. The molecular weight excluding hydrogens is 180 g/mol. The molecule has 1 aromatic heterocycles. The van der Waals surface area contributed by atoms with E-state index in [-0.39, 0.29) is 11.9 Å². The largest absolute Gasteiger partial charge is 0.374 e. The molecule has 0 spiro atoms. The lowest BCUT2D eigenvalue weighted by molar-refractivity contribution is -0.127. The summed E-state index contributed by atoms with van der Waals surface area (Å²) in [5, 5.41) is 4.03. The van der Waals surface area contributed by atoms with Crippen LogP contribution in [0.2, 0.25) is 0 Å². The molecule has 0 aliphatic rings. The number of methoxy groups -OCH3 is 1. The number of ether oxygens (including phenoxy) is 1. The summed E-state index contributed by atoms with van der Waals surface area (Å²) in [6.07, 6.45) is 4.66. The number of rotatable bonds is 5. The van der Waals surface area contributed by atoms with Crippen LogP contribution in [0.25, 0.3) is 0 Å². The third-order valence-corrected chi connectivity index (χ3v) is 2.23. The molecule has 0 aromatic carbocycles. The van der Waals surface area contributed by atoms with Gasteiger partial charge in [0.05, 0.1) is 6.20 Å². The molecule has 1 rings (SSSR count). The van der Waals surface area contributed by atoms with Crippen LogP contribution in [-0.4, -0.2) is 28.8 Å². The zero-order chi connectivity index (χ0) is 10.6. The van der Waals surface area contributed by atoms with Gasteiger partial charge in [0.1, 0.15) is 6.10 Å². The Bertz CT molecular complexity index is 307. The number of hydrogen-bond acceptors (Lipinski definition) is 3. The Morgan fingerprint density at radius 3 is 2.93 bits per heavy atom. The average Bonchev–Trinajstić information content (AvgIpc) is 2.59. The van der Waals surface area contributed by atoms with Crippen LogP contribution >= 0.6 is 0 Å². The first-order chi connectivity index (χ1) is 6.63. The van der Waals surface area contributed by atoms with Crippen molar-refractivity contribution >= 4 is 5.78 Å². The van der Waals surface area contributed by atoms with Crippen molar-refractivity contribution in [3.63, 3.8) is 0 Å². The summed E-state index contributed by atoms with van der Waals surface area (Å²) < 4.78 is 6.67. The number of aromatic nitrogens is 2. The standard InChI is InChI=1S/C10H16N2O2/c1-8(14-3)10(13)5-4-9-6-11-12(2)7-9/h6-8H,4-5H2,1-3H3. The zero-order valence-electron chi connectivity index (χ0n) is 8.86. The molecule has 0 bridgehead atoms. The Labute approximate surface area is 83.9 Å². The molecule has 1 atom stereocenters. The van der Waals surface area contributed by atoms with Gasteiger partial charge < -0.3 is 4.74 Å². The van der Waals surface area contributed by atoms with Crippen molar-refractivity contribution < 1.29 is 9.53 Å². The van der Waals surface area contributed by atoms with Crippen molar-refractivity contribution in [3.05, 3.63) is 18.0 Å². The minimum absolute atomic E-state index is 0.136. The highest BCUT2D eigenvalue weighted by atomic mass is 16.5. The Hall–Kier alpha value is -1.16. The predicted molar refractivity (Wildman–Crippen MR) is 53.0 cm³/mol. The maximum atomic E-state index is 11.4. The number of ketones is 1. The summed E-state index contributed by atoms with van der Waals surface area (Å²) in [7, 11) is 3.41. The Balaban J connectivity index is 2.37. The molecule has 0 radical (unpaired) electrons. The van der Waals surface area contributed by atoms with Crippen LogP contribution in [0.15, 0.2) is 12.4 Å². The maximum absolute atomic E-state index is 11.4. The molecule has 1 heterocycles. The smallest absolute Gasteiger partial charge is 0.161 e. The van der Waals surface area contributed by atoms with Gasteiger partial charge in [-0.2, -0.15) is 5.10 Å². The van der Waals surface area contributed by atoms with Crippen molar-refractivity contribution in [2.75, 3.05) is 7.11 Å². The van der Waals surface area contributed by atoms with Gasteiger partial charge in [-0.25, -0.2) is 0 Å². The van der Waals surface area contributed by atoms with Gasteiger partial charge in [0.25, 0.3) is 0 Å². The SMILES string of the molecule is COC(C)C(=O)CCc1cnn(C)c1. The number of carbonyl (C=O) groups is 1. The van der Waals surface area contributed by atoms with Crippen LogP contribution < -0.4 is 0 Å². The normalized spacial score (nSPS) is 12.8. The van der Waals surface area contributed by atoms with E-state index < -0.39 is 0 Å². The molecule has 0 aliphatic heterocycles. The molecular formula is C10H16N2O2. The lowest BCUT2D eigenvalue weighted by atomic mass is 10.1. The van der Waals surface area contributed by atoms with Crippen molar-refractivity contribution in [2.45, 2.75) is 25.9 Å². The van der Waals surface area contributed by atoms with Gasteiger partial charge in [0, 0.05) is 26.8 Å². The summed E-state index contributed by atoms with van der Waals surface area (Å²) >= 11 is 0. The molecule has 4 heteroatoms. The van der Waals surface area contributed by atoms with Crippen LogP contribution in [0.5, 0.6) is 0 Å². The number of aryl methyl sites for hydroxylation is 2. The van der Waals surface area contributed by atoms with Gasteiger partial charge in [0.2, 0.25) is 0 Å². The second kappa shape index (κ2) is 4.91. The van der Waals surface area contributed by atoms with E-state index in [1.807, 2.05) is 13.2 Å². The third kappa shape index (κ3) is 2.96. The van der Waals surface area contributed by atoms with E-state index in [9.17, 15) is 4.79 Å². The van der Waals surface area contributed by atoms with Gasteiger partial charge >= 0.3 is 0 Å². The van der Waals surface area contributed by atoms with Gasteiger partial charge in [-0.3, -0.25) is 9.48 Å². The number of nitrogens with zero attached hydrogens (tertiary/aromatic N) is 2. The molecule has 0 fully saturated rings. The molecule has 1 aromatic rings. The first-order valence-electron chi connectivity index (χ1n) is 4.66. The fourth-order valence-electron chi connectivity index (χ4n) is 1.20. The molecule has 4 nitrogen and oxygen atoms in total. The molecule has 1 unspecified atom stereocenters. The van der Waals surface area contributed by atoms with Gasteiger partial charge in [-0.05, 0) is 18.9 Å². The molecule has 0 saturated carbocycles. The monoisotopic (exact) mass is 196 g/mol. The Kier molecular flexibility index (Phi) is 3.83. The van der Waals surface area contributed by atoms with E-state index in [0.29, 0.717) is 6.42 Å². The minimum atomic E-state index is -0.299. The van der Waals surface area contributed by atoms with E-state index in [1.165, 1.54) is 0 Å². The molecule has 0 aliphatic carbocycles. The highest BCUT2D eigenvalue weighted by Gasteiger charge is 2.11. The van der Waals surface area contributed by atoms with Crippen LogP contribution in [0.1, 0.15) is 18.9 Å². The molecule has 0 saturated heterocycles. The van der Waals surface area contributed by atoms with Crippen molar-refractivity contribution in [2.24, 2.45) is 7.05 Å². The zero-order valence-corrected chi connectivity index (χ0v) is 8.86. The van der Waals surface area contributed by atoms with Gasteiger partial charge in [0.15, 0.2) is 5.78 Å². The van der Waals surface area contributed by atoms with E-state index >= 15 is 0 Å². The highest BCUT2D eigenvalue weighted by Crippen LogP contribution is 2.04. The van der Waals surface area contributed by atoms with Crippen LogP contribution in [0.3, 0.4) is 0 Å². The molecule has 0 N–H and O–H groups in total. The second-order valence-corrected chi connectivity index (χ2v) is 3.37. The number of Topliss-reactive ketones (excluding diaryl/α,β-unsaturated/α-hetero) is 1. The fourth-order valence-corrected chi connectivity index (χ4v) is 1.20. The van der Waals surface area contributed by atoms with E-state index in [2.05, 4.69) is 5.10 Å². The highest BCUT2D eigenvalue weighted by molar-refractivity contribution is 5.82. The Morgan fingerprint density at radius 2 is 2.43 bits per heavy atom. The first-order valence-corrected chi connectivity index (χ1v) is 4.66. The first kappa shape index (κ1) is 10.9. The summed E-state index contributed by atoms with van der Waals surface area (Å²) in [6.45, 7) is 1.77. The lowest BCUT2D eigenvalue weighted by Gasteiger charge is -2.06. The summed E-state index contributed by atoms with van der Waals surface area (Å²) in [6, 6.07) is 0. The van der Waals surface area contributed by atoms with Gasteiger partial charge in [-0.1, -0.05) is 0 Å². The topological polar surface area (TPSA) is 44.1 Å². The van der Waals surface area contributed by atoms with Crippen LogP contribution in [-0.2, 0) is 23.0 Å². The second-order valence-electron chi connectivity index (χ2n) is 3.37. The van der Waals surface area contributed by atoms with Crippen molar-refractivity contribution in [3.8, 4) is 0 Å². The van der Waals surface area contributed by atoms with Crippen LogP contribution in [0.4, 0.5) is 0 Å². The van der Waals surface area contributed by atoms with E-state index in [0.717, 1.165) is 12.0 Å². The summed E-state index contributed by atoms with van der Waals surface area (Å²) in [4.78, 5) is 11.4. The lowest BCUT2D eigenvalue weighted by Crippen LogP contribution is -2.19. The molecule has 0 amide bonds. The number of hydrogen-bond donors (Lipinski definition) is 0.